The molecular weight excluding hydrogens is 279 g/mol. The van der Waals surface area contributed by atoms with E-state index in [1.165, 1.54) is 6.20 Å². The van der Waals surface area contributed by atoms with Crippen LogP contribution in [0.3, 0.4) is 0 Å². The Morgan fingerprint density at radius 3 is 2.29 bits per heavy atom. The van der Waals surface area contributed by atoms with Crippen LogP contribution < -0.4 is 5.32 Å². The van der Waals surface area contributed by atoms with Gasteiger partial charge in [0.05, 0.1) is 0 Å². The Balaban J connectivity index is 1.99. The van der Waals surface area contributed by atoms with Crippen LogP contribution in [0.5, 0.6) is 0 Å². The first-order valence-corrected chi connectivity index (χ1v) is 6.15. The summed E-state index contributed by atoms with van der Waals surface area (Å²) in [6.07, 6.45) is 3.14. The molecule has 0 radical (unpaired) electrons. The zero-order chi connectivity index (χ0) is 14.8. The summed E-state index contributed by atoms with van der Waals surface area (Å²) in [5, 5.41) is 2.55. The van der Waals surface area contributed by atoms with Gasteiger partial charge in [-0.3, -0.25) is 4.57 Å². The summed E-state index contributed by atoms with van der Waals surface area (Å²) in [5.74, 6) is -2.78. The van der Waals surface area contributed by atoms with Gasteiger partial charge in [-0.1, -0.05) is 18.2 Å². The average Bonchev–Trinajstić information content (AvgIpc) is 2.92. The van der Waals surface area contributed by atoms with E-state index in [-0.39, 0.29) is 5.95 Å². The molecule has 1 N–H and O–H groups in total. The number of halogens is 3. The van der Waals surface area contributed by atoms with E-state index < -0.39 is 23.1 Å². The molecule has 0 amide bonds. The van der Waals surface area contributed by atoms with Gasteiger partial charge in [-0.15, -0.1) is 0 Å². The number of hydrogen-bond donors (Lipinski definition) is 1. The lowest BCUT2D eigenvalue weighted by Crippen LogP contribution is -2.04. The maximum Gasteiger partial charge on any atom is 0.212 e. The summed E-state index contributed by atoms with van der Waals surface area (Å²) in [6, 6.07) is 10.4. The van der Waals surface area contributed by atoms with Gasteiger partial charge in [0, 0.05) is 30.2 Å². The molecule has 106 valence electrons. The minimum absolute atomic E-state index is 0.227. The van der Waals surface area contributed by atoms with Gasteiger partial charge in [-0.25, -0.2) is 18.2 Å². The molecule has 6 heteroatoms. The van der Waals surface area contributed by atoms with Crippen molar-refractivity contribution in [2.75, 3.05) is 5.32 Å². The molecule has 0 fully saturated rings. The summed E-state index contributed by atoms with van der Waals surface area (Å²) in [7, 11) is 0. The molecule has 0 saturated heterocycles. The van der Waals surface area contributed by atoms with Gasteiger partial charge >= 0.3 is 0 Å². The first kappa shape index (κ1) is 13.2. The quantitative estimate of drug-likeness (QED) is 0.789. The van der Waals surface area contributed by atoms with Crippen molar-refractivity contribution >= 4 is 11.6 Å². The van der Waals surface area contributed by atoms with Crippen LogP contribution in [-0.4, -0.2) is 9.55 Å². The summed E-state index contributed by atoms with van der Waals surface area (Å²) in [5.41, 5.74) is 0.334. The fraction of sp³-hybridized carbons (Fsp3) is 0. The average molecular weight is 289 g/mol. The van der Waals surface area contributed by atoms with Gasteiger partial charge in [-0.05, 0) is 12.1 Å². The van der Waals surface area contributed by atoms with E-state index >= 15 is 0 Å². The number of rotatable bonds is 3. The topological polar surface area (TPSA) is 29.9 Å². The maximum absolute atomic E-state index is 13.7. The highest BCUT2D eigenvalue weighted by molar-refractivity contribution is 5.57. The van der Waals surface area contributed by atoms with Crippen LogP contribution in [0, 0.1) is 17.5 Å². The van der Waals surface area contributed by atoms with E-state index in [2.05, 4.69) is 10.3 Å². The molecule has 0 bridgehead atoms. The molecule has 0 aliphatic rings. The van der Waals surface area contributed by atoms with Gasteiger partial charge in [0.25, 0.3) is 0 Å². The molecular formula is C15H10F3N3. The molecule has 0 atom stereocenters. The van der Waals surface area contributed by atoms with E-state index in [1.54, 1.807) is 10.8 Å². The van der Waals surface area contributed by atoms with Crippen LogP contribution in [0.2, 0.25) is 0 Å². The lowest BCUT2D eigenvalue weighted by molar-refractivity contribution is 0.548. The predicted octanol–water partition coefficient (Wildman–Crippen LogP) is 4.03. The lowest BCUT2D eigenvalue weighted by Gasteiger charge is -2.11. The third-order valence-electron chi connectivity index (χ3n) is 2.92. The Bertz CT molecular complexity index is 746. The minimum Gasteiger partial charge on any atom is -0.320 e. The Kier molecular flexibility index (Phi) is 3.35. The molecule has 0 aliphatic carbocycles. The van der Waals surface area contributed by atoms with Crippen molar-refractivity contribution in [2.24, 2.45) is 0 Å². The Hall–Kier alpha value is -2.76. The predicted molar refractivity (Wildman–Crippen MR) is 73.2 cm³/mol. The number of nitrogens with zero attached hydrogens (tertiary/aromatic N) is 2. The molecule has 0 unspecified atom stereocenters. The number of para-hydroxylation sites is 1. The first-order chi connectivity index (χ1) is 10.1. The molecule has 3 nitrogen and oxygen atoms in total. The Labute approximate surface area is 118 Å². The van der Waals surface area contributed by atoms with E-state index in [0.29, 0.717) is 12.1 Å². The standard InChI is InChI=1S/C15H10F3N3/c16-10-8-12(17)14(13(18)9-10)20-15-19-6-7-21(15)11-4-2-1-3-5-11/h1-9H,(H,19,20). The molecule has 0 saturated carbocycles. The second-order valence-corrected chi connectivity index (χ2v) is 4.33. The van der Waals surface area contributed by atoms with E-state index in [1.807, 2.05) is 30.3 Å². The molecule has 3 aromatic rings. The zero-order valence-electron chi connectivity index (χ0n) is 10.7. The Morgan fingerprint density at radius 2 is 1.62 bits per heavy atom. The normalized spacial score (nSPS) is 10.6. The summed E-state index contributed by atoms with van der Waals surface area (Å²) >= 11 is 0. The number of benzene rings is 2. The number of imidazole rings is 1. The van der Waals surface area contributed by atoms with E-state index in [0.717, 1.165) is 5.69 Å². The first-order valence-electron chi connectivity index (χ1n) is 6.15. The van der Waals surface area contributed by atoms with E-state index in [4.69, 9.17) is 0 Å². The van der Waals surface area contributed by atoms with Gasteiger partial charge in [0.1, 0.15) is 11.5 Å². The number of hydrogen-bond acceptors (Lipinski definition) is 2. The SMILES string of the molecule is Fc1cc(F)c(Nc2nccn2-c2ccccc2)c(F)c1. The van der Waals surface area contributed by atoms with Crippen LogP contribution >= 0.6 is 0 Å². The third-order valence-corrected chi connectivity index (χ3v) is 2.92. The monoisotopic (exact) mass is 289 g/mol. The van der Waals surface area contributed by atoms with Crippen molar-refractivity contribution in [1.82, 2.24) is 9.55 Å². The number of anilines is 2. The highest BCUT2D eigenvalue weighted by Gasteiger charge is 2.14. The van der Waals surface area contributed by atoms with Crippen LogP contribution in [0.4, 0.5) is 24.8 Å². The van der Waals surface area contributed by atoms with Crippen LogP contribution in [-0.2, 0) is 0 Å². The lowest BCUT2D eigenvalue weighted by atomic mass is 10.3. The summed E-state index contributed by atoms with van der Waals surface area (Å²) in [6.45, 7) is 0. The fourth-order valence-electron chi connectivity index (χ4n) is 1.97. The van der Waals surface area contributed by atoms with Crippen molar-refractivity contribution < 1.29 is 13.2 Å². The highest BCUT2D eigenvalue weighted by atomic mass is 19.1. The molecule has 1 aromatic heterocycles. The molecule has 21 heavy (non-hydrogen) atoms. The molecule has 2 aromatic carbocycles. The molecule has 0 aliphatic heterocycles. The molecule has 1 heterocycles. The van der Waals surface area contributed by atoms with E-state index in [9.17, 15) is 13.2 Å². The van der Waals surface area contributed by atoms with Gasteiger partial charge < -0.3 is 5.32 Å². The smallest absolute Gasteiger partial charge is 0.212 e. The van der Waals surface area contributed by atoms with Crippen LogP contribution in [0.15, 0.2) is 54.9 Å². The second kappa shape index (κ2) is 5.32. The van der Waals surface area contributed by atoms with Gasteiger partial charge in [-0.2, -0.15) is 0 Å². The van der Waals surface area contributed by atoms with Crippen molar-refractivity contribution in [3.8, 4) is 5.69 Å². The van der Waals surface area contributed by atoms with Crippen molar-refractivity contribution in [3.05, 3.63) is 72.3 Å². The highest BCUT2D eigenvalue weighted by Crippen LogP contribution is 2.25. The third kappa shape index (κ3) is 2.60. The Morgan fingerprint density at radius 1 is 0.952 bits per heavy atom. The van der Waals surface area contributed by atoms with Crippen LogP contribution in [0.1, 0.15) is 0 Å². The minimum atomic E-state index is -1.02. The largest absolute Gasteiger partial charge is 0.320 e. The molecule has 3 rings (SSSR count). The van der Waals surface area contributed by atoms with Crippen molar-refractivity contribution in [1.29, 1.82) is 0 Å². The molecule has 0 spiro atoms. The number of nitrogens with one attached hydrogen (secondary N) is 1. The van der Waals surface area contributed by atoms with Crippen LogP contribution in [0.25, 0.3) is 5.69 Å². The van der Waals surface area contributed by atoms with Gasteiger partial charge in [0.15, 0.2) is 11.6 Å². The van der Waals surface area contributed by atoms with Gasteiger partial charge in [0.2, 0.25) is 5.95 Å². The summed E-state index contributed by atoms with van der Waals surface area (Å²) < 4.78 is 41.8. The number of aromatic nitrogens is 2. The van der Waals surface area contributed by atoms with Crippen molar-refractivity contribution in [3.63, 3.8) is 0 Å². The maximum atomic E-state index is 13.7. The fourth-order valence-corrected chi connectivity index (χ4v) is 1.97. The zero-order valence-corrected chi connectivity index (χ0v) is 10.7. The second-order valence-electron chi connectivity index (χ2n) is 4.33. The summed E-state index contributed by atoms with van der Waals surface area (Å²) in [4.78, 5) is 4.02. The van der Waals surface area contributed by atoms with Crippen molar-refractivity contribution in [2.45, 2.75) is 0 Å².